The van der Waals surface area contributed by atoms with Crippen LogP contribution >= 0.6 is 11.6 Å². The van der Waals surface area contributed by atoms with Gasteiger partial charge in [-0.15, -0.1) is 0 Å². The van der Waals surface area contributed by atoms with Crippen LogP contribution in [0.3, 0.4) is 0 Å². The Morgan fingerprint density at radius 3 is 2.66 bits per heavy atom. The zero-order valence-corrected chi connectivity index (χ0v) is 17.2. The lowest BCUT2D eigenvalue weighted by Gasteiger charge is -2.34. The standard InChI is InChI=1S/C21H19ClN2O4S/c1-29(26,27)24-13-20(28-19-9-8-17(22)11-18(19)24)21(25)23-12-14-6-7-15-4-2-3-5-16(15)10-14/h2-11,20H,12-13H2,1H3,(H,23,25)/t20-/m0/s1. The van der Waals surface area contributed by atoms with E-state index in [0.29, 0.717) is 23.0 Å². The third-order valence-electron chi connectivity index (χ3n) is 4.76. The molecule has 0 fully saturated rings. The lowest BCUT2D eigenvalue weighted by atomic mass is 10.1. The second-order valence-electron chi connectivity index (χ2n) is 6.91. The molecular formula is C21H19ClN2O4S. The minimum Gasteiger partial charge on any atom is -0.476 e. The number of anilines is 1. The summed E-state index contributed by atoms with van der Waals surface area (Å²) in [6.45, 7) is 0.200. The van der Waals surface area contributed by atoms with E-state index in [1.807, 2.05) is 42.5 Å². The van der Waals surface area contributed by atoms with Crippen LogP contribution in [-0.2, 0) is 21.4 Å². The SMILES string of the molecule is CS(=O)(=O)N1C[C@@H](C(=O)NCc2ccc3ccccc3c2)Oc2ccc(Cl)cc21. The number of hydrogen-bond acceptors (Lipinski definition) is 4. The van der Waals surface area contributed by atoms with Crippen LogP contribution < -0.4 is 14.4 Å². The van der Waals surface area contributed by atoms with Gasteiger partial charge in [-0.25, -0.2) is 8.42 Å². The average molecular weight is 431 g/mol. The second-order valence-corrected chi connectivity index (χ2v) is 9.26. The molecule has 0 bridgehead atoms. The predicted octanol–water partition coefficient (Wildman–Crippen LogP) is 3.34. The maximum Gasteiger partial charge on any atom is 0.263 e. The van der Waals surface area contributed by atoms with Crippen LogP contribution in [0.15, 0.2) is 60.7 Å². The van der Waals surface area contributed by atoms with E-state index < -0.39 is 16.1 Å². The van der Waals surface area contributed by atoms with Crippen LogP contribution in [0.25, 0.3) is 10.8 Å². The molecule has 29 heavy (non-hydrogen) atoms. The number of benzene rings is 3. The van der Waals surface area contributed by atoms with Crippen molar-refractivity contribution in [3.8, 4) is 5.75 Å². The van der Waals surface area contributed by atoms with E-state index in [1.165, 1.54) is 6.07 Å². The van der Waals surface area contributed by atoms with E-state index in [9.17, 15) is 13.2 Å². The number of carbonyl (C=O) groups is 1. The number of nitrogens with zero attached hydrogens (tertiary/aromatic N) is 1. The van der Waals surface area contributed by atoms with Crippen LogP contribution in [0.1, 0.15) is 5.56 Å². The quantitative estimate of drug-likeness (QED) is 0.688. The van der Waals surface area contributed by atoms with Gasteiger partial charge in [0.15, 0.2) is 6.10 Å². The first-order chi connectivity index (χ1) is 13.8. The molecule has 8 heteroatoms. The number of halogens is 1. The number of sulfonamides is 1. The zero-order valence-electron chi connectivity index (χ0n) is 15.6. The molecule has 0 saturated carbocycles. The highest BCUT2D eigenvalue weighted by Gasteiger charge is 2.35. The van der Waals surface area contributed by atoms with Crippen molar-refractivity contribution in [1.29, 1.82) is 0 Å². The van der Waals surface area contributed by atoms with Crippen molar-refractivity contribution in [1.82, 2.24) is 5.32 Å². The summed E-state index contributed by atoms with van der Waals surface area (Å²) >= 11 is 5.99. The largest absolute Gasteiger partial charge is 0.476 e. The maximum atomic E-state index is 12.7. The van der Waals surface area contributed by atoms with Crippen molar-refractivity contribution in [3.63, 3.8) is 0 Å². The van der Waals surface area contributed by atoms with E-state index in [4.69, 9.17) is 16.3 Å². The molecule has 4 rings (SSSR count). The van der Waals surface area contributed by atoms with Gasteiger partial charge >= 0.3 is 0 Å². The summed E-state index contributed by atoms with van der Waals surface area (Å²) < 4.78 is 31.4. The summed E-state index contributed by atoms with van der Waals surface area (Å²) in [6, 6.07) is 18.6. The normalized spacial score (nSPS) is 16.2. The zero-order chi connectivity index (χ0) is 20.6. The van der Waals surface area contributed by atoms with E-state index >= 15 is 0 Å². The summed E-state index contributed by atoms with van der Waals surface area (Å²) in [5.41, 5.74) is 1.28. The minimum absolute atomic E-state index is 0.115. The van der Waals surface area contributed by atoms with E-state index in [-0.39, 0.29) is 12.5 Å². The molecule has 0 radical (unpaired) electrons. The fourth-order valence-electron chi connectivity index (χ4n) is 3.33. The van der Waals surface area contributed by atoms with Crippen LogP contribution in [0.2, 0.25) is 5.02 Å². The molecule has 1 heterocycles. The van der Waals surface area contributed by atoms with Gasteiger partial charge in [-0.2, -0.15) is 0 Å². The highest BCUT2D eigenvalue weighted by Crippen LogP contribution is 2.37. The Kier molecular flexibility index (Phi) is 5.10. The number of nitrogens with one attached hydrogen (secondary N) is 1. The molecule has 150 valence electrons. The summed E-state index contributed by atoms with van der Waals surface area (Å²) in [4.78, 5) is 12.7. The molecule has 1 N–H and O–H groups in total. The van der Waals surface area contributed by atoms with Crippen molar-refractivity contribution in [2.24, 2.45) is 0 Å². The minimum atomic E-state index is -3.60. The first kappa shape index (κ1) is 19.5. The lowest BCUT2D eigenvalue weighted by molar-refractivity contribution is -0.127. The monoisotopic (exact) mass is 430 g/mol. The summed E-state index contributed by atoms with van der Waals surface area (Å²) in [6.07, 6.45) is 0.131. The van der Waals surface area contributed by atoms with Crippen LogP contribution in [0.4, 0.5) is 5.69 Å². The van der Waals surface area contributed by atoms with Crippen LogP contribution in [0, 0.1) is 0 Å². The molecule has 1 aliphatic rings. The summed E-state index contributed by atoms with van der Waals surface area (Å²) in [5, 5.41) is 5.43. The van der Waals surface area contributed by atoms with Crippen molar-refractivity contribution in [2.45, 2.75) is 12.6 Å². The Hall–Kier alpha value is -2.77. The number of hydrogen-bond donors (Lipinski definition) is 1. The molecule has 0 saturated heterocycles. The summed E-state index contributed by atoms with van der Waals surface area (Å²) in [5.74, 6) is -0.0793. The second kappa shape index (κ2) is 7.57. The smallest absolute Gasteiger partial charge is 0.263 e. The van der Waals surface area contributed by atoms with Gasteiger partial charge in [0.2, 0.25) is 10.0 Å². The van der Waals surface area contributed by atoms with E-state index in [1.54, 1.807) is 12.1 Å². The molecule has 6 nitrogen and oxygen atoms in total. The molecule has 0 spiro atoms. The van der Waals surface area contributed by atoms with Crippen molar-refractivity contribution < 1.29 is 17.9 Å². The van der Waals surface area contributed by atoms with Crippen molar-refractivity contribution in [2.75, 3.05) is 17.1 Å². The first-order valence-electron chi connectivity index (χ1n) is 9.00. The average Bonchev–Trinajstić information content (AvgIpc) is 2.70. The number of amides is 1. The molecule has 0 aliphatic carbocycles. The van der Waals surface area contributed by atoms with Crippen molar-refractivity contribution >= 4 is 44.0 Å². The maximum absolute atomic E-state index is 12.7. The Bertz CT molecular complexity index is 1200. The third kappa shape index (κ3) is 4.16. The number of fused-ring (bicyclic) bond motifs is 2. The number of rotatable bonds is 4. The van der Waals surface area contributed by atoms with Gasteiger partial charge < -0.3 is 10.1 Å². The van der Waals surface area contributed by atoms with Gasteiger partial charge in [-0.3, -0.25) is 9.10 Å². The molecule has 1 atom stereocenters. The molecule has 3 aromatic carbocycles. The Morgan fingerprint density at radius 1 is 1.14 bits per heavy atom. The van der Waals surface area contributed by atoms with Gasteiger partial charge in [-0.05, 0) is 40.6 Å². The predicted molar refractivity (Wildman–Crippen MR) is 114 cm³/mol. The topological polar surface area (TPSA) is 75.7 Å². The highest BCUT2D eigenvalue weighted by molar-refractivity contribution is 7.92. The van der Waals surface area contributed by atoms with Crippen LogP contribution in [-0.4, -0.2) is 33.2 Å². The van der Waals surface area contributed by atoms with Gasteiger partial charge in [0.05, 0.1) is 18.5 Å². The molecular weight excluding hydrogens is 412 g/mol. The number of ether oxygens (including phenoxy) is 1. The fraction of sp³-hybridized carbons (Fsp3) is 0.190. The molecule has 1 aliphatic heterocycles. The van der Waals surface area contributed by atoms with E-state index in [2.05, 4.69) is 5.32 Å². The molecule has 3 aromatic rings. The molecule has 0 unspecified atom stereocenters. The third-order valence-corrected chi connectivity index (χ3v) is 6.15. The fourth-order valence-corrected chi connectivity index (χ4v) is 4.40. The van der Waals surface area contributed by atoms with E-state index in [0.717, 1.165) is 26.9 Å². The first-order valence-corrected chi connectivity index (χ1v) is 11.2. The Morgan fingerprint density at radius 2 is 1.90 bits per heavy atom. The van der Waals surface area contributed by atoms with Gasteiger partial charge in [0.1, 0.15) is 5.75 Å². The van der Waals surface area contributed by atoms with Crippen LogP contribution in [0.5, 0.6) is 5.75 Å². The lowest BCUT2D eigenvalue weighted by Crippen LogP contribution is -2.50. The Labute approximate surface area is 174 Å². The van der Waals surface area contributed by atoms with Crippen molar-refractivity contribution in [3.05, 3.63) is 71.2 Å². The highest BCUT2D eigenvalue weighted by atomic mass is 35.5. The van der Waals surface area contributed by atoms with Gasteiger partial charge in [0, 0.05) is 11.6 Å². The van der Waals surface area contributed by atoms with Gasteiger partial charge in [-0.1, -0.05) is 48.0 Å². The molecule has 1 amide bonds. The molecule has 0 aromatic heterocycles. The number of carbonyl (C=O) groups excluding carboxylic acids is 1. The Balaban J connectivity index is 1.51. The van der Waals surface area contributed by atoms with Gasteiger partial charge in [0.25, 0.3) is 5.91 Å². The summed E-state index contributed by atoms with van der Waals surface area (Å²) in [7, 11) is -3.60.